The van der Waals surface area contributed by atoms with Crippen molar-refractivity contribution in [1.82, 2.24) is 39.3 Å². The van der Waals surface area contributed by atoms with Crippen molar-refractivity contribution >= 4 is 77.1 Å². The van der Waals surface area contributed by atoms with Crippen LogP contribution in [0.5, 0.6) is 11.5 Å². The lowest BCUT2D eigenvalue weighted by molar-refractivity contribution is 0.101. The third-order valence-electron chi connectivity index (χ3n) is 9.31. The van der Waals surface area contributed by atoms with E-state index in [0.29, 0.717) is 55.3 Å². The molecule has 0 radical (unpaired) electrons. The highest BCUT2D eigenvalue weighted by molar-refractivity contribution is 6.45. The summed E-state index contributed by atoms with van der Waals surface area (Å²) in [7, 11) is -0.458. The summed E-state index contributed by atoms with van der Waals surface area (Å²) in [5, 5.41) is 28.1. The number of nitrogens with one attached hydrogen (secondary N) is 3. The SMILES string of the molecule is CB(O)N1CCC(Oc2ccc(Cl)cc2NC(=O)c2cnn3cccnc23)CC1.Cl.O=C(Nc1cc(Cl)ccc1OC1CCNCC1)c1cnn2cccnc12. The number of carbonyl (C=O) groups excluding carboxylic acids is 2. The Balaban J connectivity index is 0.000000188. The summed E-state index contributed by atoms with van der Waals surface area (Å²) in [6, 6.07) is 13.9. The number of carbonyl (C=O) groups is 2. The minimum atomic E-state index is -0.458. The van der Waals surface area contributed by atoms with Gasteiger partial charge in [0.1, 0.15) is 34.8 Å². The topological polar surface area (TPSA) is 173 Å². The van der Waals surface area contributed by atoms with E-state index in [0.717, 1.165) is 51.9 Å². The predicted molar refractivity (Wildman–Crippen MR) is 218 cm³/mol. The van der Waals surface area contributed by atoms with E-state index >= 15 is 0 Å². The molecule has 0 saturated carbocycles. The molecule has 4 N–H and O–H groups in total. The fourth-order valence-corrected chi connectivity index (χ4v) is 6.74. The molecule has 2 aliphatic rings. The first-order chi connectivity index (χ1) is 26.7. The molecule has 2 aliphatic heterocycles. The minimum Gasteiger partial charge on any atom is -0.488 e. The zero-order valence-corrected chi connectivity index (χ0v) is 32.7. The molecule has 8 rings (SSSR count). The number of hydrogen-bond acceptors (Lipinski definition) is 11. The summed E-state index contributed by atoms with van der Waals surface area (Å²) in [4.78, 5) is 36.0. The van der Waals surface area contributed by atoms with Gasteiger partial charge in [-0.25, -0.2) is 19.0 Å². The molecule has 292 valence electrons. The highest BCUT2D eigenvalue weighted by atomic mass is 35.5. The van der Waals surface area contributed by atoms with Crippen molar-refractivity contribution in [3.05, 3.63) is 107 Å². The van der Waals surface area contributed by atoms with Crippen molar-refractivity contribution in [2.45, 2.75) is 44.7 Å². The molecule has 2 saturated heterocycles. The number of aromatic nitrogens is 6. The maximum atomic E-state index is 12.8. The zero-order chi connectivity index (χ0) is 38.3. The Morgan fingerprint density at radius 2 is 1.25 bits per heavy atom. The smallest absolute Gasteiger partial charge is 0.376 e. The first-order valence-electron chi connectivity index (χ1n) is 18.0. The summed E-state index contributed by atoms with van der Waals surface area (Å²) in [6.07, 6.45) is 13.2. The number of benzene rings is 2. The summed E-state index contributed by atoms with van der Waals surface area (Å²) < 4.78 is 15.4. The number of halogens is 3. The summed E-state index contributed by atoms with van der Waals surface area (Å²) in [5.41, 5.74) is 2.75. The molecule has 19 heteroatoms. The number of anilines is 2. The van der Waals surface area contributed by atoms with E-state index in [2.05, 4.69) is 36.1 Å². The average Bonchev–Trinajstić information content (AvgIpc) is 3.83. The van der Waals surface area contributed by atoms with Crippen molar-refractivity contribution in [3.63, 3.8) is 0 Å². The van der Waals surface area contributed by atoms with Crippen LogP contribution in [0.2, 0.25) is 16.9 Å². The van der Waals surface area contributed by atoms with Crippen molar-refractivity contribution < 1.29 is 24.1 Å². The zero-order valence-electron chi connectivity index (χ0n) is 30.3. The van der Waals surface area contributed by atoms with Crippen LogP contribution >= 0.6 is 35.6 Å². The molecule has 0 bridgehead atoms. The highest BCUT2D eigenvalue weighted by Crippen LogP contribution is 2.32. The lowest BCUT2D eigenvalue weighted by Gasteiger charge is -2.33. The van der Waals surface area contributed by atoms with Crippen LogP contribution in [-0.2, 0) is 0 Å². The van der Waals surface area contributed by atoms with Crippen LogP contribution in [0.15, 0.2) is 85.7 Å². The Bertz CT molecular complexity index is 2280. The van der Waals surface area contributed by atoms with E-state index < -0.39 is 7.05 Å². The molecule has 0 unspecified atom stereocenters. The maximum Gasteiger partial charge on any atom is 0.376 e. The van der Waals surface area contributed by atoms with Crippen molar-refractivity contribution in [2.75, 3.05) is 36.8 Å². The molecule has 0 spiro atoms. The second-order valence-corrected chi connectivity index (χ2v) is 14.0. The van der Waals surface area contributed by atoms with Gasteiger partial charge in [-0.2, -0.15) is 10.2 Å². The van der Waals surface area contributed by atoms with Gasteiger partial charge < -0.3 is 35.3 Å². The second kappa shape index (κ2) is 18.8. The third-order valence-corrected chi connectivity index (χ3v) is 9.78. The van der Waals surface area contributed by atoms with Crippen LogP contribution < -0.4 is 25.4 Å². The minimum absolute atomic E-state index is 0. The summed E-state index contributed by atoms with van der Waals surface area (Å²) in [6.45, 7) is 5.13. The summed E-state index contributed by atoms with van der Waals surface area (Å²) >= 11 is 12.3. The van der Waals surface area contributed by atoms with Gasteiger partial charge >= 0.3 is 7.05 Å². The van der Waals surface area contributed by atoms with Crippen LogP contribution in [0.1, 0.15) is 46.4 Å². The Morgan fingerprint density at radius 3 is 1.71 bits per heavy atom. The number of rotatable bonds is 9. The molecule has 15 nitrogen and oxygen atoms in total. The molecule has 56 heavy (non-hydrogen) atoms. The van der Waals surface area contributed by atoms with Gasteiger partial charge in [0.25, 0.3) is 11.8 Å². The summed E-state index contributed by atoms with van der Waals surface area (Å²) in [5.74, 6) is 0.521. The quantitative estimate of drug-likeness (QED) is 0.130. The normalized spacial score (nSPS) is 15.0. The number of ether oxygens (including phenoxy) is 2. The lowest BCUT2D eigenvalue weighted by atomic mass is 9.82. The van der Waals surface area contributed by atoms with Gasteiger partial charge in [0.05, 0.1) is 23.8 Å². The second-order valence-electron chi connectivity index (χ2n) is 13.1. The maximum absolute atomic E-state index is 12.8. The number of hydrogen-bond donors (Lipinski definition) is 4. The molecule has 2 fully saturated rings. The Morgan fingerprint density at radius 1 is 0.786 bits per heavy atom. The number of piperidine rings is 2. The van der Waals surface area contributed by atoms with Crippen LogP contribution in [-0.4, -0.2) is 96.3 Å². The van der Waals surface area contributed by atoms with E-state index in [1.165, 1.54) is 12.4 Å². The standard InChI is InChI=1S/C19H21BClN5O3.C18H18ClN5O2.ClH/c1-20(28)25-9-5-14(6-10-25)29-17-4-3-13(21)11-16(17)24-19(27)15-12-23-26-8-2-7-22-18(15)26;19-12-2-3-16(26-13-4-7-20-8-5-13)15(10-12)23-18(25)14-11-22-24-9-1-6-21-17(14)24;/h2-4,7-8,11-12,14,28H,5-6,9-10H2,1H3,(H,24,27);1-3,6,9-11,13,20H,4-5,7-8H2,(H,23,25);1H. The molecule has 0 atom stereocenters. The van der Waals surface area contributed by atoms with Crippen LogP contribution in [0.25, 0.3) is 11.3 Å². The highest BCUT2D eigenvalue weighted by Gasteiger charge is 2.26. The molecule has 4 aromatic heterocycles. The Hall–Kier alpha value is -4.97. The van der Waals surface area contributed by atoms with Gasteiger partial charge in [-0.1, -0.05) is 23.2 Å². The van der Waals surface area contributed by atoms with Gasteiger partial charge in [-0.05, 0) is 107 Å². The molecule has 2 amide bonds. The van der Waals surface area contributed by atoms with E-state index in [-0.39, 0.29) is 36.4 Å². The molecular weight excluding hydrogens is 782 g/mol. The number of amides is 2. The van der Waals surface area contributed by atoms with Gasteiger partial charge in [-0.3, -0.25) is 9.59 Å². The lowest BCUT2D eigenvalue weighted by Crippen LogP contribution is -2.45. The monoisotopic (exact) mass is 820 g/mol. The molecule has 2 aromatic carbocycles. The largest absolute Gasteiger partial charge is 0.488 e. The van der Waals surface area contributed by atoms with Gasteiger partial charge in [-0.15, -0.1) is 12.4 Å². The van der Waals surface area contributed by atoms with Gasteiger partial charge in [0.15, 0.2) is 11.3 Å². The molecule has 0 aliphatic carbocycles. The third kappa shape index (κ3) is 9.88. The van der Waals surface area contributed by atoms with E-state index in [4.69, 9.17) is 32.7 Å². The van der Waals surface area contributed by atoms with Gasteiger partial charge in [0.2, 0.25) is 0 Å². The van der Waals surface area contributed by atoms with Crippen molar-refractivity contribution in [1.29, 1.82) is 0 Å². The molecule has 6 heterocycles. The van der Waals surface area contributed by atoms with Gasteiger partial charge in [0, 0.05) is 34.8 Å². The van der Waals surface area contributed by atoms with Crippen LogP contribution in [0.3, 0.4) is 0 Å². The predicted octanol–water partition coefficient (Wildman–Crippen LogP) is 5.78. The van der Waals surface area contributed by atoms with Crippen molar-refractivity contribution in [2.24, 2.45) is 0 Å². The molecular formula is C37H40BCl3N10O5. The molecule has 6 aromatic rings. The van der Waals surface area contributed by atoms with E-state index in [9.17, 15) is 14.6 Å². The Labute approximate surface area is 339 Å². The fourth-order valence-electron chi connectivity index (χ4n) is 6.40. The first-order valence-corrected chi connectivity index (χ1v) is 18.7. The Kier molecular flexibility index (Phi) is 13.6. The van der Waals surface area contributed by atoms with Crippen molar-refractivity contribution in [3.8, 4) is 11.5 Å². The van der Waals surface area contributed by atoms with E-state index in [1.54, 1.807) is 89.2 Å². The fraction of sp³-hybridized carbons (Fsp3) is 0.297. The average molecular weight is 822 g/mol. The number of nitrogens with zero attached hydrogens (tertiary/aromatic N) is 7. The van der Waals surface area contributed by atoms with Crippen LogP contribution in [0.4, 0.5) is 11.4 Å². The first kappa shape index (κ1) is 40.7. The van der Waals surface area contributed by atoms with Crippen LogP contribution in [0, 0.1) is 0 Å². The van der Waals surface area contributed by atoms with E-state index in [1.807, 2.05) is 4.81 Å². The number of fused-ring (bicyclic) bond motifs is 2.